The number of aromatic nitrogens is 2. The van der Waals surface area contributed by atoms with E-state index in [2.05, 4.69) is 54.1 Å². The molecular formula is C54H95N10O13. The summed E-state index contributed by atoms with van der Waals surface area (Å²) in [5.41, 5.74) is 4.97. The number of nitrogens with one attached hydrogen (secondary N) is 9. The molecule has 0 spiro atoms. The van der Waals surface area contributed by atoms with Crippen LogP contribution in [-0.2, 0) is 59.0 Å². The van der Waals surface area contributed by atoms with Gasteiger partial charge in [-0.05, 0) is 73.6 Å². The zero-order valence-corrected chi connectivity index (χ0v) is 47.2. The third-order valence-electron chi connectivity index (χ3n) is 13.2. The second kappa shape index (κ2) is 39.2. The summed E-state index contributed by atoms with van der Waals surface area (Å²) in [5, 5.41) is 38.4. The average Bonchev–Trinajstić information content (AvgIpc) is 3.89. The number of carbonyl (C=O) groups excluding carboxylic acids is 7. The predicted octanol–water partition coefficient (Wildman–Crippen LogP) is 3.25. The molecule has 0 saturated heterocycles. The van der Waals surface area contributed by atoms with Crippen molar-refractivity contribution in [2.24, 2.45) is 0 Å². The molecule has 11 N–H and O–H groups in total. The average molecular weight is 1090 g/mol. The third-order valence-corrected chi connectivity index (χ3v) is 13.2. The van der Waals surface area contributed by atoms with E-state index in [0.29, 0.717) is 25.0 Å². The van der Waals surface area contributed by atoms with Crippen LogP contribution in [0.25, 0.3) is 0 Å². The highest BCUT2D eigenvalue weighted by atomic mass is 16.5. The topological polar surface area (TPSA) is 349 Å². The molecule has 3 atom stereocenters. The van der Waals surface area contributed by atoms with Gasteiger partial charge in [0.1, 0.15) is 24.7 Å². The first-order valence-electron chi connectivity index (χ1n) is 27.7. The summed E-state index contributed by atoms with van der Waals surface area (Å²) in [6, 6.07) is -3.37. The number of amides is 4. The minimum Gasteiger partial charge on any atom is -0.480 e. The molecule has 23 heteroatoms. The van der Waals surface area contributed by atoms with Crippen LogP contribution < -0.4 is 43.0 Å². The van der Waals surface area contributed by atoms with Gasteiger partial charge < -0.3 is 45.9 Å². The molecule has 0 aliphatic heterocycles. The van der Waals surface area contributed by atoms with Gasteiger partial charge in [0, 0.05) is 44.2 Å². The highest BCUT2D eigenvalue weighted by Crippen LogP contribution is 2.14. The number of rotatable bonds is 49. The highest BCUT2D eigenvalue weighted by molar-refractivity contribution is 5.96. The van der Waals surface area contributed by atoms with Crippen molar-refractivity contribution < 1.29 is 62.8 Å². The Balaban J connectivity index is 2.21. The smallest absolute Gasteiger partial charge is 0.326 e. The van der Waals surface area contributed by atoms with Crippen molar-refractivity contribution in [3.05, 3.63) is 18.2 Å². The molecule has 439 valence electrons. The highest BCUT2D eigenvalue weighted by Gasteiger charge is 2.36. The van der Waals surface area contributed by atoms with E-state index in [0.717, 1.165) is 19.3 Å². The molecule has 77 heavy (non-hydrogen) atoms. The number of carbonyl (C=O) groups is 9. The molecule has 0 saturated carbocycles. The number of hydrogen-bond acceptors (Lipinski definition) is 15. The first kappa shape index (κ1) is 69.8. The maximum atomic E-state index is 13.2. The van der Waals surface area contributed by atoms with Crippen LogP contribution in [0.2, 0.25) is 0 Å². The second-order valence-corrected chi connectivity index (χ2v) is 21.3. The SMILES string of the molecule is CCCCCCCCCCCCCCCC(=O)N[C@@H](CCC(=O)NCCOCCOCC(=O)NCCCC[C@H](NCC(=O)C(C)(C)NCC(=O)C(C)(C)NCC(=O)C(C)(C)NC(=O)[C@@H]([NH])Cc1cnc[nH]1)C(=O)O)C(=O)O. The summed E-state index contributed by atoms with van der Waals surface area (Å²) in [5.74, 6) is -5.23. The third kappa shape index (κ3) is 33.0. The van der Waals surface area contributed by atoms with Crippen LogP contribution in [0, 0.1) is 0 Å². The van der Waals surface area contributed by atoms with E-state index in [1.807, 2.05) is 0 Å². The maximum Gasteiger partial charge on any atom is 0.326 e. The number of ketones is 3. The van der Waals surface area contributed by atoms with Crippen LogP contribution in [-0.4, -0.2) is 167 Å². The molecule has 0 unspecified atom stereocenters. The van der Waals surface area contributed by atoms with Crippen LogP contribution in [0.5, 0.6) is 0 Å². The molecule has 0 bridgehead atoms. The van der Waals surface area contributed by atoms with Crippen LogP contribution in [0.4, 0.5) is 0 Å². The maximum absolute atomic E-state index is 13.2. The number of H-pyrrole nitrogens is 1. The summed E-state index contributed by atoms with van der Waals surface area (Å²) in [4.78, 5) is 119. The van der Waals surface area contributed by atoms with Crippen molar-refractivity contribution in [1.29, 1.82) is 0 Å². The Morgan fingerprint density at radius 3 is 1.69 bits per heavy atom. The lowest BCUT2D eigenvalue weighted by atomic mass is 9.93. The fourth-order valence-corrected chi connectivity index (χ4v) is 7.76. The molecule has 0 aliphatic carbocycles. The number of carboxylic acids is 2. The van der Waals surface area contributed by atoms with E-state index < -0.39 is 64.2 Å². The minimum absolute atomic E-state index is 0.0424. The van der Waals surface area contributed by atoms with E-state index >= 15 is 0 Å². The summed E-state index contributed by atoms with van der Waals surface area (Å²) >= 11 is 0. The zero-order valence-electron chi connectivity index (χ0n) is 47.2. The van der Waals surface area contributed by atoms with E-state index in [1.165, 1.54) is 84.2 Å². The van der Waals surface area contributed by atoms with Gasteiger partial charge in [0.15, 0.2) is 17.3 Å². The Kier molecular flexibility index (Phi) is 35.5. The van der Waals surface area contributed by atoms with Crippen molar-refractivity contribution in [3.63, 3.8) is 0 Å². The zero-order chi connectivity index (χ0) is 57.7. The van der Waals surface area contributed by atoms with E-state index in [4.69, 9.17) is 15.2 Å². The van der Waals surface area contributed by atoms with Gasteiger partial charge in [0.25, 0.3) is 0 Å². The first-order valence-corrected chi connectivity index (χ1v) is 27.7. The Morgan fingerprint density at radius 2 is 1.13 bits per heavy atom. The molecule has 1 heterocycles. The van der Waals surface area contributed by atoms with E-state index in [1.54, 1.807) is 27.7 Å². The van der Waals surface area contributed by atoms with Crippen LogP contribution in [0.1, 0.15) is 176 Å². The van der Waals surface area contributed by atoms with Gasteiger partial charge in [0.05, 0.1) is 62.4 Å². The van der Waals surface area contributed by atoms with Gasteiger partial charge in [-0.3, -0.25) is 54.3 Å². The van der Waals surface area contributed by atoms with Gasteiger partial charge in [-0.25, -0.2) is 15.5 Å². The molecule has 1 rings (SSSR count). The minimum atomic E-state index is -1.33. The Morgan fingerprint density at radius 1 is 0.597 bits per heavy atom. The molecule has 0 aromatic carbocycles. The number of hydrogen-bond donors (Lipinski definition) is 10. The molecule has 4 amide bonds. The predicted molar refractivity (Wildman–Crippen MR) is 291 cm³/mol. The number of imidazole rings is 1. The molecular weight excluding hydrogens is 997 g/mol. The number of Topliss-reactive ketones (excluding diaryl/α,β-unsaturated/α-hetero) is 3. The Labute approximate surface area is 456 Å². The van der Waals surface area contributed by atoms with Gasteiger partial charge in [-0.1, -0.05) is 84.0 Å². The fraction of sp³-hybridized carbons (Fsp3) is 0.778. The molecule has 1 aromatic rings. The molecule has 0 fully saturated rings. The fourth-order valence-electron chi connectivity index (χ4n) is 7.76. The van der Waals surface area contributed by atoms with E-state index in [-0.39, 0.29) is 115 Å². The molecule has 23 nitrogen and oxygen atoms in total. The van der Waals surface area contributed by atoms with Crippen LogP contribution in [0.3, 0.4) is 0 Å². The number of aliphatic carboxylic acids is 2. The quantitative estimate of drug-likeness (QED) is 0.0419. The van der Waals surface area contributed by atoms with Gasteiger partial charge >= 0.3 is 11.9 Å². The Hall–Kier alpha value is -5.20. The van der Waals surface area contributed by atoms with E-state index in [9.17, 15) is 53.4 Å². The molecule has 1 radical (unpaired) electrons. The van der Waals surface area contributed by atoms with Crippen LogP contribution >= 0.6 is 0 Å². The van der Waals surface area contributed by atoms with Crippen molar-refractivity contribution in [1.82, 2.24) is 52.9 Å². The van der Waals surface area contributed by atoms with Crippen molar-refractivity contribution >= 4 is 52.9 Å². The van der Waals surface area contributed by atoms with Crippen molar-refractivity contribution in [2.45, 2.75) is 212 Å². The largest absolute Gasteiger partial charge is 0.480 e. The number of aromatic amines is 1. The van der Waals surface area contributed by atoms with Crippen LogP contribution in [0.15, 0.2) is 12.5 Å². The normalized spacial score (nSPS) is 13.0. The number of nitrogens with zero attached hydrogens (tertiary/aromatic N) is 1. The summed E-state index contributed by atoms with van der Waals surface area (Å²) in [6.45, 7) is 11.4. The summed E-state index contributed by atoms with van der Waals surface area (Å²) in [6.07, 6.45) is 19.7. The molecule has 0 aliphatic rings. The lowest BCUT2D eigenvalue weighted by Crippen LogP contribution is -2.60. The summed E-state index contributed by atoms with van der Waals surface area (Å²) in [7, 11) is 0. The summed E-state index contributed by atoms with van der Waals surface area (Å²) < 4.78 is 10.8. The first-order chi connectivity index (χ1) is 36.4. The van der Waals surface area contributed by atoms with Gasteiger partial charge in [-0.15, -0.1) is 0 Å². The number of carboxylic acid groups (broad SMARTS) is 2. The second-order valence-electron chi connectivity index (χ2n) is 21.3. The lowest BCUT2D eigenvalue weighted by Gasteiger charge is -2.31. The van der Waals surface area contributed by atoms with Gasteiger partial charge in [-0.2, -0.15) is 0 Å². The number of ether oxygens (including phenoxy) is 2. The lowest BCUT2D eigenvalue weighted by molar-refractivity contribution is -0.142. The number of unbranched alkanes of at least 4 members (excludes halogenated alkanes) is 13. The van der Waals surface area contributed by atoms with Crippen molar-refractivity contribution in [2.75, 3.05) is 59.2 Å². The van der Waals surface area contributed by atoms with Crippen molar-refractivity contribution in [3.8, 4) is 0 Å². The standard InChI is InChI=1S/C54H95N10O13/c1-8-9-10-11-12-13-14-15-16-17-18-19-20-24-47(69)63-42(51(74)75)25-26-46(68)58-28-29-76-30-31-77-37-48(70)57-27-22-21-23-41(50(72)73)59-34-43(65)52(2,3)61-35-44(66)53(4,5)62-36-45(67)54(6,7)64-49(71)40(55)32-39-33-56-38-60-39/h33,38,40-42,55,59,61-62H,8-32,34-37H2,1-7H3,(H,56,60)(H,57,70)(H,58,68)(H,63,69)(H,64,71)(H,72,73)(H,74,75)/t40-,41-,42-/m0/s1. The molecule has 1 aromatic heterocycles. The Bertz CT molecular complexity index is 1930. The van der Waals surface area contributed by atoms with Gasteiger partial charge in [0.2, 0.25) is 23.6 Å². The monoisotopic (exact) mass is 1090 g/mol.